The molecule has 7 rings (SSSR count). The van der Waals surface area contributed by atoms with Crippen LogP contribution in [-0.2, 0) is 19.5 Å². The number of rotatable bonds is 6. The second kappa shape index (κ2) is 25.0. The van der Waals surface area contributed by atoms with Crippen molar-refractivity contribution in [2.24, 2.45) is 0 Å². The van der Waals surface area contributed by atoms with Crippen LogP contribution in [0.5, 0.6) is 0 Å². The minimum absolute atomic E-state index is 0. The molecule has 0 bridgehead atoms. The molecule has 5 radical (unpaired) electrons. The third-order valence-corrected chi connectivity index (χ3v) is 12.3. The van der Waals surface area contributed by atoms with Gasteiger partial charge >= 0.3 is 0 Å². The Hall–Kier alpha value is -3.07. The van der Waals surface area contributed by atoms with Gasteiger partial charge in [-0.05, 0) is 99.0 Å². The predicted molar refractivity (Wildman–Crippen MR) is 206 cm³/mol. The third-order valence-electron chi connectivity index (χ3n) is 7.42. The minimum atomic E-state index is -4.94. The van der Waals surface area contributed by atoms with Crippen LogP contribution in [0.2, 0.25) is 0 Å². The summed E-state index contributed by atoms with van der Waals surface area (Å²) in [6.45, 7) is 0. The van der Waals surface area contributed by atoms with Gasteiger partial charge < -0.3 is 0 Å². The van der Waals surface area contributed by atoms with E-state index in [1.807, 2.05) is 0 Å². The van der Waals surface area contributed by atoms with Crippen molar-refractivity contribution in [2.45, 2.75) is 25.7 Å². The number of hydrogen-bond acceptors (Lipinski definition) is 4. The Morgan fingerprint density at radius 2 is 0.423 bits per heavy atom. The number of benzene rings is 6. The van der Waals surface area contributed by atoms with Crippen LogP contribution in [-0.4, -0.2) is 0 Å². The van der Waals surface area contributed by atoms with Crippen molar-refractivity contribution >= 4 is 47.7 Å². The zero-order valence-corrected chi connectivity index (χ0v) is 32.9. The number of hydrogen-bond donors (Lipinski definition) is 0. The van der Waals surface area contributed by atoms with Gasteiger partial charge in [-0.15, -0.1) is 10.2 Å². The average Bonchev–Trinajstić information content (AvgIpc) is 3.14. The monoisotopic (exact) mass is 834 g/mol. The molecule has 1 aliphatic rings. The van der Waals surface area contributed by atoms with Gasteiger partial charge in [0.2, 0.25) is 0 Å². The Kier molecular flexibility index (Phi) is 20.9. The summed E-state index contributed by atoms with van der Waals surface area (Å²) < 4.78 is 34.0. The van der Waals surface area contributed by atoms with Gasteiger partial charge in [0.05, 0.1) is 0 Å². The average molecular weight is 835 g/mol. The van der Waals surface area contributed by atoms with E-state index in [9.17, 15) is 0 Å². The first-order valence-electron chi connectivity index (χ1n) is 16.7. The van der Waals surface area contributed by atoms with E-state index in [0.717, 1.165) is 0 Å². The van der Waals surface area contributed by atoms with Gasteiger partial charge in [0.15, 0.2) is 0 Å². The molecule has 0 aromatic heterocycles. The summed E-state index contributed by atoms with van der Waals surface area (Å²) >= 11 is 0. The van der Waals surface area contributed by atoms with Gasteiger partial charge in [-0.2, -0.15) is 0 Å². The van der Waals surface area contributed by atoms with Crippen LogP contribution in [0.15, 0.2) is 182 Å². The van der Waals surface area contributed by atoms with Crippen molar-refractivity contribution in [1.29, 1.82) is 0 Å². The molecule has 1 saturated carbocycles. The first kappa shape index (κ1) is 43.3. The standard InChI is InChI=1S/2C18H15P.C8H12.ClHO4.Rh/c2*1-4-10-16(11-5-1)19(17-12-6-2-7-13-17)18-14-8-3-9-15-18;1-2-4-6-8-7-5-3-1;2-1(3,4)5;/h2*1-15H;1-2,7-8H,3-6H2;(H,2,3,4,5);/p-1. The summed E-state index contributed by atoms with van der Waals surface area (Å²) in [5, 5.41) is 8.39. The molecule has 6 aromatic rings. The fraction of sp³-hybridized carbons (Fsp3) is 0.0909. The Bertz CT molecular complexity index is 1400. The predicted octanol–water partition coefficient (Wildman–Crippen LogP) is 4.51. The molecule has 0 atom stereocenters. The molecular weight excluding hydrogens is 793 g/mol. The molecule has 4 nitrogen and oxygen atoms in total. The van der Waals surface area contributed by atoms with Gasteiger partial charge in [-0.3, -0.25) is 0 Å². The summed E-state index contributed by atoms with van der Waals surface area (Å²) in [5.74, 6) is 0. The van der Waals surface area contributed by atoms with Crippen LogP contribution in [0.4, 0.5) is 0 Å². The molecule has 0 N–H and O–H groups in total. The third kappa shape index (κ3) is 16.7. The summed E-state index contributed by atoms with van der Waals surface area (Å²) in [6, 6.07) is 64.7. The van der Waals surface area contributed by atoms with Gasteiger partial charge in [0.1, 0.15) is 0 Å². The van der Waals surface area contributed by atoms with Crippen molar-refractivity contribution in [3.63, 3.8) is 0 Å². The van der Waals surface area contributed by atoms with Crippen LogP contribution in [0.1, 0.15) is 25.7 Å². The van der Waals surface area contributed by atoms with Crippen molar-refractivity contribution < 1.29 is 48.4 Å². The summed E-state index contributed by atoms with van der Waals surface area (Å²) in [4.78, 5) is 0. The SMILES string of the molecule is [CH]1[CH]CC[CH][CH]CC1.[O-][Cl+3]([O-])([O-])[O-].[Rh].c1ccc(P(c2ccccc2)c2ccccc2)cc1.c1ccc(P(c2ccccc2)c2ccccc2)cc1. The van der Waals surface area contributed by atoms with Crippen molar-refractivity contribution in [2.75, 3.05) is 0 Å². The Balaban J connectivity index is 0.000000208. The normalized spacial score (nSPS) is 12.6. The molecule has 0 unspecified atom stereocenters. The Morgan fingerprint density at radius 1 is 0.288 bits per heavy atom. The molecular formula is C44H42ClO4P2Rh-. The first-order valence-corrected chi connectivity index (χ1v) is 20.6. The van der Waals surface area contributed by atoms with Crippen LogP contribution >= 0.6 is 15.8 Å². The molecule has 1 fully saturated rings. The zero-order valence-electron chi connectivity index (χ0n) is 28.7. The van der Waals surface area contributed by atoms with E-state index in [1.54, 1.807) is 0 Å². The quantitative estimate of drug-likeness (QED) is 0.183. The largest absolute Gasteiger partial charge is 0.222 e. The van der Waals surface area contributed by atoms with E-state index >= 15 is 0 Å². The smallest absolute Gasteiger partial charge is 0 e. The van der Waals surface area contributed by atoms with Crippen LogP contribution in [0.25, 0.3) is 0 Å². The Labute approximate surface area is 327 Å². The maximum Gasteiger partial charge on any atom is 0 e. The number of halogens is 1. The van der Waals surface area contributed by atoms with Crippen LogP contribution in [0.3, 0.4) is 0 Å². The molecule has 0 amide bonds. The fourth-order valence-corrected chi connectivity index (χ4v) is 9.82. The van der Waals surface area contributed by atoms with E-state index in [4.69, 9.17) is 18.6 Å². The van der Waals surface area contributed by atoms with Crippen LogP contribution in [0, 0.1) is 35.9 Å². The summed E-state index contributed by atoms with van der Waals surface area (Å²) in [7, 11) is -5.84. The zero-order chi connectivity index (χ0) is 36.0. The van der Waals surface area contributed by atoms with Crippen molar-refractivity contribution in [3.8, 4) is 0 Å². The summed E-state index contributed by atoms with van der Waals surface area (Å²) in [6.07, 6.45) is 14.0. The van der Waals surface area contributed by atoms with E-state index in [-0.39, 0.29) is 19.5 Å². The molecule has 0 saturated heterocycles. The molecule has 52 heavy (non-hydrogen) atoms. The van der Waals surface area contributed by atoms with E-state index < -0.39 is 26.1 Å². The minimum Gasteiger partial charge on any atom is -0.222 e. The van der Waals surface area contributed by atoms with E-state index in [1.165, 1.54) is 57.5 Å². The Morgan fingerprint density at radius 3 is 0.558 bits per heavy atom. The van der Waals surface area contributed by atoms with E-state index in [0.29, 0.717) is 0 Å². The molecule has 6 aromatic carbocycles. The molecule has 8 heteroatoms. The van der Waals surface area contributed by atoms with Crippen molar-refractivity contribution in [1.82, 2.24) is 0 Å². The maximum absolute atomic E-state index is 8.49. The molecule has 269 valence electrons. The topological polar surface area (TPSA) is 92.2 Å². The second-order valence-corrected chi connectivity index (χ2v) is 16.4. The summed E-state index contributed by atoms with van der Waals surface area (Å²) in [5.41, 5.74) is 0. The second-order valence-electron chi connectivity index (χ2n) is 11.2. The molecule has 1 aliphatic carbocycles. The maximum atomic E-state index is 8.49. The van der Waals surface area contributed by atoms with Gasteiger partial charge in [-0.1, -0.05) is 182 Å². The molecule has 0 heterocycles. The van der Waals surface area contributed by atoms with Crippen LogP contribution < -0.4 is 50.5 Å². The molecule has 0 spiro atoms. The van der Waals surface area contributed by atoms with Gasteiger partial charge in [0, 0.05) is 19.5 Å². The fourth-order valence-electron chi connectivity index (χ4n) is 5.21. The molecule has 0 aliphatic heterocycles. The van der Waals surface area contributed by atoms with Crippen molar-refractivity contribution in [3.05, 3.63) is 208 Å². The first-order chi connectivity index (χ1) is 24.9. The van der Waals surface area contributed by atoms with E-state index in [2.05, 4.69) is 208 Å². The van der Waals surface area contributed by atoms with Gasteiger partial charge in [-0.25, -0.2) is 18.6 Å². The van der Waals surface area contributed by atoms with Gasteiger partial charge in [0.25, 0.3) is 0 Å².